The number of hydrogen-bond donors (Lipinski definition) is 1. The number of carbonyl (C=O) groups is 1. The topological polar surface area (TPSA) is 55.5 Å². The fourth-order valence-corrected chi connectivity index (χ4v) is 3.84. The second kappa shape index (κ2) is 8.18. The van der Waals surface area contributed by atoms with Crippen LogP contribution < -0.4 is 0 Å². The number of nitrogens with zero attached hydrogens (tertiary/aromatic N) is 4. The molecule has 6 heteroatoms. The smallest absolute Gasteiger partial charge is 0.237 e. The summed E-state index contributed by atoms with van der Waals surface area (Å²) >= 11 is 0. The molecule has 142 valence electrons. The van der Waals surface area contributed by atoms with Crippen LogP contribution in [0.15, 0.2) is 24.3 Å². The molecule has 1 aliphatic rings. The van der Waals surface area contributed by atoms with Crippen molar-refractivity contribution in [2.45, 2.75) is 46.3 Å². The van der Waals surface area contributed by atoms with Crippen molar-refractivity contribution in [3.8, 4) is 0 Å². The molecule has 0 saturated carbocycles. The predicted octanol–water partition coefficient (Wildman–Crippen LogP) is 2.33. The van der Waals surface area contributed by atoms with Crippen molar-refractivity contribution >= 4 is 16.9 Å². The van der Waals surface area contributed by atoms with E-state index in [0.29, 0.717) is 6.54 Å². The molecule has 0 radical (unpaired) electrons. The number of aromatic nitrogens is 2. The van der Waals surface area contributed by atoms with E-state index < -0.39 is 0 Å². The summed E-state index contributed by atoms with van der Waals surface area (Å²) in [5.41, 5.74) is 2.11. The summed E-state index contributed by atoms with van der Waals surface area (Å²) < 4.78 is 0. The van der Waals surface area contributed by atoms with Crippen LogP contribution in [-0.2, 0) is 11.3 Å². The lowest BCUT2D eigenvalue weighted by Gasteiger charge is -2.37. The minimum Gasteiger partial charge on any atom is -0.341 e. The van der Waals surface area contributed by atoms with Crippen molar-refractivity contribution in [3.05, 3.63) is 30.1 Å². The SMILES string of the molecule is CC(C)N(C(=O)CN1CCN(Cc2nc3ccccc3[nH]2)CC1)C(C)C. The van der Waals surface area contributed by atoms with Gasteiger partial charge in [-0.3, -0.25) is 14.6 Å². The fourth-order valence-electron chi connectivity index (χ4n) is 3.84. The molecule has 1 N–H and O–H groups in total. The molecule has 1 aromatic carbocycles. The number of piperazine rings is 1. The highest BCUT2D eigenvalue weighted by Gasteiger charge is 2.25. The molecule has 1 saturated heterocycles. The molecule has 0 atom stereocenters. The molecular weight excluding hydrogens is 326 g/mol. The fraction of sp³-hybridized carbons (Fsp3) is 0.600. The molecule has 3 rings (SSSR count). The molecule has 1 amide bonds. The zero-order chi connectivity index (χ0) is 18.7. The highest BCUT2D eigenvalue weighted by atomic mass is 16.2. The van der Waals surface area contributed by atoms with Gasteiger partial charge in [0, 0.05) is 38.3 Å². The third-order valence-corrected chi connectivity index (χ3v) is 5.04. The first-order valence-electron chi connectivity index (χ1n) is 9.63. The maximum atomic E-state index is 12.6. The number of fused-ring (bicyclic) bond motifs is 1. The molecule has 0 aliphatic carbocycles. The van der Waals surface area contributed by atoms with Gasteiger partial charge in [0.25, 0.3) is 0 Å². The summed E-state index contributed by atoms with van der Waals surface area (Å²) in [5, 5.41) is 0. The summed E-state index contributed by atoms with van der Waals surface area (Å²) in [6.45, 7) is 13.5. The van der Waals surface area contributed by atoms with Crippen LogP contribution in [0, 0.1) is 0 Å². The molecule has 0 bridgehead atoms. The van der Waals surface area contributed by atoms with Crippen LogP contribution in [0.1, 0.15) is 33.5 Å². The highest BCUT2D eigenvalue weighted by molar-refractivity contribution is 5.79. The molecule has 0 spiro atoms. The van der Waals surface area contributed by atoms with Gasteiger partial charge in [-0.15, -0.1) is 0 Å². The first kappa shape index (κ1) is 18.9. The Kier molecular flexibility index (Phi) is 5.94. The number of rotatable bonds is 6. The molecule has 0 unspecified atom stereocenters. The molecule has 1 aromatic heterocycles. The second-order valence-corrected chi connectivity index (χ2v) is 7.74. The van der Waals surface area contributed by atoms with E-state index in [9.17, 15) is 4.79 Å². The quantitative estimate of drug-likeness (QED) is 0.862. The summed E-state index contributed by atoms with van der Waals surface area (Å²) in [6.07, 6.45) is 0. The largest absolute Gasteiger partial charge is 0.341 e. The Hall–Kier alpha value is -1.92. The van der Waals surface area contributed by atoms with Gasteiger partial charge in [0.05, 0.1) is 24.1 Å². The zero-order valence-corrected chi connectivity index (χ0v) is 16.4. The lowest BCUT2D eigenvalue weighted by molar-refractivity contribution is -0.136. The molecule has 1 aliphatic heterocycles. The van der Waals surface area contributed by atoms with Crippen molar-refractivity contribution in [3.63, 3.8) is 0 Å². The van der Waals surface area contributed by atoms with Gasteiger partial charge in [-0.05, 0) is 39.8 Å². The van der Waals surface area contributed by atoms with Crippen LogP contribution in [0.2, 0.25) is 0 Å². The highest BCUT2D eigenvalue weighted by Crippen LogP contribution is 2.13. The Morgan fingerprint density at radius 2 is 1.69 bits per heavy atom. The van der Waals surface area contributed by atoms with E-state index in [-0.39, 0.29) is 18.0 Å². The van der Waals surface area contributed by atoms with Crippen LogP contribution in [-0.4, -0.2) is 75.4 Å². The maximum Gasteiger partial charge on any atom is 0.237 e. The van der Waals surface area contributed by atoms with Crippen molar-refractivity contribution < 1.29 is 4.79 Å². The molecule has 1 fully saturated rings. The number of nitrogens with one attached hydrogen (secondary N) is 1. The number of benzene rings is 1. The number of aromatic amines is 1. The van der Waals surface area contributed by atoms with E-state index in [1.54, 1.807) is 0 Å². The van der Waals surface area contributed by atoms with Gasteiger partial charge in [0.15, 0.2) is 0 Å². The summed E-state index contributed by atoms with van der Waals surface area (Å²) in [4.78, 5) is 27.3. The minimum absolute atomic E-state index is 0.237. The van der Waals surface area contributed by atoms with Gasteiger partial charge in [0.2, 0.25) is 5.91 Å². The first-order chi connectivity index (χ1) is 12.4. The average molecular weight is 358 g/mol. The van der Waals surface area contributed by atoms with Crippen LogP contribution in [0.4, 0.5) is 0 Å². The summed E-state index contributed by atoms with van der Waals surface area (Å²) in [5.74, 6) is 1.25. The Balaban J connectivity index is 1.50. The molecule has 26 heavy (non-hydrogen) atoms. The van der Waals surface area contributed by atoms with Crippen molar-refractivity contribution in [1.82, 2.24) is 24.7 Å². The summed E-state index contributed by atoms with van der Waals surface area (Å²) in [7, 11) is 0. The Bertz CT molecular complexity index is 690. The monoisotopic (exact) mass is 357 g/mol. The standard InChI is InChI=1S/C20H31N5O/c1-15(2)25(16(3)4)20(26)14-24-11-9-23(10-12-24)13-19-21-17-7-5-6-8-18(17)22-19/h5-8,15-16H,9-14H2,1-4H3,(H,21,22). The van der Waals surface area contributed by atoms with Gasteiger partial charge in [-0.25, -0.2) is 4.98 Å². The van der Waals surface area contributed by atoms with Gasteiger partial charge in [0.1, 0.15) is 5.82 Å². The molecule has 6 nitrogen and oxygen atoms in total. The number of hydrogen-bond acceptors (Lipinski definition) is 4. The normalized spacial score (nSPS) is 16.7. The van der Waals surface area contributed by atoms with Crippen LogP contribution in [0.3, 0.4) is 0 Å². The molecular formula is C20H31N5O. The zero-order valence-electron chi connectivity index (χ0n) is 16.4. The number of amides is 1. The third kappa shape index (κ3) is 4.43. The van der Waals surface area contributed by atoms with Gasteiger partial charge in [-0.1, -0.05) is 12.1 Å². The van der Waals surface area contributed by atoms with E-state index in [1.165, 1.54) is 0 Å². The van der Waals surface area contributed by atoms with Gasteiger partial charge >= 0.3 is 0 Å². The number of para-hydroxylation sites is 2. The molecule has 2 heterocycles. The van der Waals surface area contributed by atoms with Crippen molar-refractivity contribution in [1.29, 1.82) is 0 Å². The van der Waals surface area contributed by atoms with E-state index in [4.69, 9.17) is 0 Å². The number of carbonyl (C=O) groups excluding carboxylic acids is 1. The van der Waals surface area contributed by atoms with Gasteiger partial charge < -0.3 is 9.88 Å². The number of H-pyrrole nitrogens is 1. The van der Waals surface area contributed by atoms with E-state index >= 15 is 0 Å². The lowest BCUT2D eigenvalue weighted by Crippen LogP contribution is -2.52. The predicted molar refractivity (Wildman–Crippen MR) is 105 cm³/mol. The first-order valence-corrected chi connectivity index (χ1v) is 9.63. The average Bonchev–Trinajstić information content (AvgIpc) is 2.98. The van der Waals surface area contributed by atoms with Crippen molar-refractivity contribution in [2.24, 2.45) is 0 Å². The van der Waals surface area contributed by atoms with Crippen molar-refractivity contribution in [2.75, 3.05) is 32.7 Å². The Morgan fingerprint density at radius 1 is 1.08 bits per heavy atom. The van der Waals surface area contributed by atoms with Crippen LogP contribution >= 0.6 is 0 Å². The van der Waals surface area contributed by atoms with E-state index in [0.717, 1.165) is 49.6 Å². The third-order valence-electron chi connectivity index (χ3n) is 5.04. The van der Waals surface area contributed by atoms with Gasteiger partial charge in [-0.2, -0.15) is 0 Å². The van der Waals surface area contributed by atoms with E-state index in [2.05, 4.69) is 53.5 Å². The van der Waals surface area contributed by atoms with E-state index in [1.807, 2.05) is 23.1 Å². The Morgan fingerprint density at radius 3 is 2.31 bits per heavy atom. The second-order valence-electron chi connectivity index (χ2n) is 7.74. The number of imidazole rings is 1. The minimum atomic E-state index is 0.237. The summed E-state index contributed by atoms with van der Waals surface area (Å²) in [6, 6.07) is 8.63. The Labute approximate surface area is 156 Å². The molecule has 2 aromatic rings. The maximum absolute atomic E-state index is 12.6. The van der Waals surface area contributed by atoms with Crippen LogP contribution in [0.5, 0.6) is 0 Å². The lowest BCUT2D eigenvalue weighted by atomic mass is 10.2. The van der Waals surface area contributed by atoms with Crippen LogP contribution in [0.25, 0.3) is 11.0 Å².